The molecule has 0 heterocycles. The van der Waals surface area contributed by atoms with Crippen molar-refractivity contribution in [2.75, 3.05) is 6.61 Å². The number of ketones is 1. The van der Waals surface area contributed by atoms with Crippen LogP contribution in [0.1, 0.15) is 65.2 Å². The molecule has 0 amide bonds. The lowest BCUT2D eigenvalue weighted by Crippen LogP contribution is -2.52. The van der Waals surface area contributed by atoms with Crippen LogP contribution in [0.15, 0.2) is 23.3 Å². The van der Waals surface area contributed by atoms with Gasteiger partial charge in [0.2, 0.25) is 0 Å². The van der Waals surface area contributed by atoms with Gasteiger partial charge in [-0.15, -0.1) is 0 Å². The van der Waals surface area contributed by atoms with E-state index in [0.717, 1.165) is 24.7 Å². The average Bonchev–Trinajstić information content (AvgIpc) is 2.90. The fourth-order valence-corrected chi connectivity index (χ4v) is 6.86. The molecule has 126 valence electrons. The van der Waals surface area contributed by atoms with E-state index in [4.69, 9.17) is 0 Å². The van der Waals surface area contributed by atoms with E-state index in [2.05, 4.69) is 19.9 Å². The minimum Gasteiger partial charge on any atom is -0.395 e. The van der Waals surface area contributed by atoms with E-state index in [1.807, 2.05) is 6.08 Å². The highest BCUT2D eigenvalue weighted by molar-refractivity contribution is 5.91. The molecule has 0 aromatic carbocycles. The molecule has 0 aliphatic heterocycles. The molecule has 4 aliphatic rings. The van der Waals surface area contributed by atoms with Crippen molar-refractivity contribution in [1.82, 2.24) is 0 Å². The van der Waals surface area contributed by atoms with Gasteiger partial charge < -0.3 is 5.11 Å². The van der Waals surface area contributed by atoms with Crippen LogP contribution in [-0.2, 0) is 4.79 Å². The second-order valence-corrected chi connectivity index (χ2v) is 8.64. The first kappa shape index (κ1) is 15.6. The monoisotopic (exact) mass is 314 g/mol. The van der Waals surface area contributed by atoms with Crippen molar-refractivity contribution in [3.8, 4) is 0 Å². The Bertz CT molecular complexity index is 587. The number of fused-ring (bicyclic) bond motifs is 5. The number of allylic oxidation sites excluding steroid dienone is 3. The van der Waals surface area contributed by atoms with E-state index in [0.29, 0.717) is 17.8 Å². The zero-order chi connectivity index (χ0) is 16.2. The van der Waals surface area contributed by atoms with Crippen LogP contribution in [0.3, 0.4) is 0 Å². The van der Waals surface area contributed by atoms with Crippen molar-refractivity contribution >= 4 is 5.78 Å². The number of aliphatic hydroxyl groups excluding tert-OH is 1. The molecule has 0 saturated heterocycles. The van der Waals surface area contributed by atoms with Gasteiger partial charge in [-0.05, 0) is 74.2 Å². The predicted molar refractivity (Wildman–Crippen MR) is 91.9 cm³/mol. The topological polar surface area (TPSA) is 37.3 Å². The normalized spacial score (nSPS) is 45.7. The summed E-state index contributed by atoms with van der Waals surface area (Å²) in [6.45, 7) is 5.04. The smallest absolute Gasteiger partial charge is 0.155 e. The molecule has 0 radical (unpaired) electrons. The first-order valence-electron chi connectivity index (χ1n) is 9.59. The van der Waals surface area contributed by atoms with Gasteiger partial charge >= 0.3 is 0 Å². The number of carbonyl (C=O) groups is 1. The zero-order valence-corrected chi connectivity index (χ0v) is 14.6. The number of carbonyl (C=O) groups excluding carboxylic acids is 1. The molecular weight excluding hydrogens is 284 g/mol. The first-order chi connectivity index (χ1) is 11.0. The van der Waals surface area contributed by atoms with Crippen LogP contribution in [0.4, 0.5) is 0 Å². The minimum atomic E-state index is -0.0763. The van der Waals surface area contributed by atoms with Gasteiger partial charge in [-0.3, -0.25) is 4.79 Å². The van der Waals surface area contributed by atoms with Gasteiger partial charge in [-0.1, -0.05) is 31.1 Å². The Balaban J connectivity index is 1.70. The van der Waals surface area contributed by atoms with Crippen LogP contribution in [-0.4, -0.2) is 17.5 Å². The highest BCUT2D eigenvalue weighted by atomic mass is 16.3. The Morgan fingerprint density at radius 3 is 2.78 bits per heavy atom. The molecule has 23 heavy (non-hydrogen) atoms. The lowest BCUT2D eigenvalue weighted by molar-refractivity contribution is -0.118. The lowest BCUT2D eigenvalue weighted by atomic mass is 9.46. The summed E-state index contributed by atoms with van der Waals surface area (Å²) in [5.41, 5.74) is 3.28. The third-order valence-electron chi connectivity index (χ3n) is 8.09. The predicted octanol–water partition coefficient (Wildman–Crippen LogP) is 4.44. The standard InChI is InChI=1S/C21H30O2/c1-3-14-5-7-18-17-6-4-15-12-16(23)8-11-21(15,13-22)19(17)9-10-20(14,18)2/h5,12,17-19,22H,3-4,6-11,13H2,1-2H3. The van der Waals surface area contributed by atoms with E-state index in [1.165, 1.54) is 37.7 Å². The molecule has 1 N–H and O–H groups in total. The fourth-order valence-electron chi connectivity index (χ4n) is 6.86. The number of hydrogen-bond donors (Lipinski definition) is 1. The maximum Gasteiger partial charge on any atom is 0.155 e. The zero-order valence-electron chi connectivity index (χ0n) is 14.6. The van der Waals surface area contributed by atoms with E-state index in [-0.39, 0.29) is 17.8 Å². The Morgan fingerprint density at radius 1 is 1.22 bits per heavy atom. The first-order valence-corrected chi connectivity index (χ1v) is 9.59. The van der Waals surface area contributed by atoms with Gasteiger partial charge in [-0.2, -0.15) is 0 Å². The van der Waals surface area contributed by atoms with Gasteiger partial charge in [0.15, 0.2) is 5.78 Å². The van der Waals surface area contributed by atoms with Crippen LogP contribution >= 0.6 is 0 Å². The number of hydrogen-bond acceptors (Lipinski definition) is 2. The summed E-state index contributed by atoms with van der Waals surface area (Å²) in [6, 6.07) is 0. The fraction of sp³-hybridized carbons (Fsp3) is 0.762. The second kappa shape index (κ2) is 5.31. The molecule has 0 aromatic rings. The van der Waals surface area contributed by atoms with Crippen molar-refractivity contribution in [3.05, 3.63) is 23.3 Å². The summed E-state index contributed by atoms with van der Waals surface area (Å²) in [4.78, 5) is 11.9. The third kappa shape index (κ3) is 2.00. The van der Waals surface area contributed by atoms with Crippen molar-refractivity contribution in [3.63, 3.8) is 0 Å². The van der Waals surface area contributed by atoms with Gasteiger partial charge in [-0.25, -0.2) is 0 Å². The molecule has 0 bridgehead atoms. The maximum atomic E-state index is 11.9. The molecule has 2 nitrogen and oxygen atoms in total. The van der Waals surface area contributed by atoms with Crippen molar-refractivity contribution in [2.45, 2.75) is 65.2 Å². The summed E-state index contributed by atoms with van der Waals surface area (Å²) >= 11 is 0. The highest BCUT2D eigenvalue weighted by Gasteiger charge is 2.57. The molecule has 4 aliphatic carbocycles. The van der Waals surface area contributed by atoms with Crippen molar-refractivity contribution < 1.29 is 9.90 Å². The Morgan fingerprint density at radius 2 is 2.04 bits per heavy atom. The van der Waals surface area contributed by atoms with Gasteiger partial charge in [0.25, 0.3) is 0 Å². The van der Waals surface area contributed by atoms with E-state index in [9.17, 15) is 9.90 Å². The van der Waals surface area contributed by atoms with Gasteiger partial charge in [0.05, 0.1) is 6.61 Å². The molecule has 5 unspecified atom stereocenters. The van der Waals surface area contributed by atoms with Crippen LogP contribution in [0.2, 0.25) is 0 Å². The Kier molecular flexibility index (Phi) is 3.61. The average molecular weight is 314 g/mol. The Labute approximate surface area is 140 Å². The molecular formula is C21H30O2. The third-order valence-corrected chi connectivity index (χ3v) is 8.09. The van der Waals surface area contributed by atoms with Gasteiger partial charge in [0.1, 0.15) is 0 Å². The van der Waals surface area contributed by atoms with Crippen LogP contribution in [0, 0.1) is 28.6 Å². The summed E-state index contributed by atoms with van der Waals surface area (Å²) in [5, 5.41) is 10.3. The van der Waals surface area contributed by atoms with Crippen molar-refractivity contribution in [2.24, 2.45) is 28.6 Å². The molecule has 2 fully saturated rings. The van der Waals surface area contributed by atoms with E-state index < -0.39 is 0 Å². The molecule has 4 rings (SSSR count). The largest absolute Gasteiger partial charge is 0.395 e. The maximum absolute atomic E-state index is 11.9. The highest BCUT2D eigenvalue weighted by Crippen LogP contribution is 2.65. The quantitative estimate of drug-likeness (QED) is 0.765. The van der Waals surface area contributed by atoms with E-state index >= 15 is 0 Å². The Hall–Kier alpha value is -0.890. The second-order valence-electron chi connectivity index (χ2n) is 8.64. The molecule has 2 heteroatoms. The number of aliphatic hydroxyl groups is 1. The molecule has 0 aromatic heterocycles. The summed E-state index contributed by atoms with van der Waals surface area (Å²) < 4.78 is 0. The summed E-state index contributed by atoms with van der Waals surface area (Å²) in [7, 11) is 0. The van der Waals surface area contributed by atoms with Crippen LogP contribution in [0.5, 0.6) is 0 Å². The van der Waals surface area contributed by atoms with E-state index in [1.54, 1.807) is 5.57 Å². The number of rotatable bonds is 2. The molecule has 2 saturated carbocycles. The molecule has 0 spiro atoms. The van der Waals surface area contributed by atoms with Crippen LogP contribution in [0.25, 0.3) is 0 Å². The minimum absolute atomic E-state index is 0.0763. The lowest BCUT2D eigenvalue weighted by Gasteiger charge is -2.58. The summed E-state index contributed by atoms with van der Waals surface area (Å²) in [5.74, 6) is 2.35. The van der Waals surface area contributed by atoms with Crippen molar-refractivity contribution in [1.29, 1.82) is 0 Å². The molecule has 5 atom stereocenters. The summed E-state index contributed by atoms with van der Waals surface area (Å²) in [6.07, 6.45) is 13.1. The van der Waals surface area contributed by atoms with Gasteiger partial charge in [0, 0.05) is 11.8 Å². The van der Waals surface area contributed by atoms with Crippen LogP contribution < -0.4 is 0 Å². The SMILES string of the molecule is CCC1=CCC2C3CCC4=CC(=O)CCC4(CO)C3CCC12C.